The highest BCUT2D eigenvalue weighted by molar-refractivity contribution is 5.73. The van der Waals surface area contributed by atoms with Crippen LogP contribution >= 0.6 is 0 Å². The Hall–Kier alpha value is -3.76. The zero-order chi connectivity index (χ0) is 27.7. The van der Waals surface area contributed by atoms with Crippen molar-refractivity contribution >= 4 is 11.9 Å². The maximum absolute atomic E-state index is 12.1. The fourth-order valence-corrected chi connectivity index (χ4v) is 2.16. The Labute approximate surface area is 195 Å². The maximum Gasteiger partial charge on any atom is 0.573 e. The van der Waals surface area contributed by atoms with E-state index in [1.807, 2.05) is 12.1 Å². The molecule has 8 nitrogen and oxygen atoms in total. The van der Waals surface area contributed by atoms with Crippen LogP contribution < -0.4 is 14.8 Å². The molecular formula is C19H15F9N2O6. The zero-order valence-electron chi connectivity index (χ0n) is 17.5. The minimum atomic E-state index is -5.08. The molecule has 2 heterocycles. The molecular weight excluding hydrogens is 523 g/mol. The molecule has 0 spiro atoms. The van der Waals surface area contributed by atoms with Crippen molar-refractivity contribution in [2.24, 2.45) is 0 Å². The van der Waals surface area contributed by atoms with Gasteiger partial charge in [0, 0.05) is 24.2 Å². The number of alkyl halides is 9. The van der Waals surface area contributed by atoms with Crippen molar-refractivity contribution in [3.8, 4) is 22.9 Å². The first-order chi connectivity index (χ1) is 16.4. The van der Waals surface area contributed by atoms with E-state index in [1.54, 1.807) is 0 Å². The molecule has 1 aromatic heterocycles. The molecule has 200 valence electrons. The molecule has 0 atom stereocenters. The number of aromatic nitrogens is 1. The molecule has 0 unspecified atom stereocenters. The number of halogens is 9. The van der Waals surface area contributed by atoms with Crippen LogP contribution in [0.2, 0.25) is 0 Å². The number of fused-ring (bicyclic) bond motifs is 1. The van der Waals surface area contributed by atoms with Gasteiger partial charge in [-0.15, -0.1) is 13.2 Å². The third-order valence-electron chi connectivity index (χ3n) is 3.64. The molecule has 0 radical (unpaired) electrons. The smallest absolute Gasteiger partial charge is 0.476 e. The van der Waals surface area contributed by atoms with Crippen LogP contribution in [0.5, 0.6) is 11.6 Å². The van der Waals surface area contributed by atoms with Crippen molar-refractivity contribution in [2.75, 3.05) is 13.2 Å². The standard InChI is InChI=1S/C15H13F3N2O2.2C2HF3O2/c16-15(17,18)22-12-4-1-10(2-5-12)13-6-3-11-9-19-7-8-21-14(11)20-13;2*3-2(4,5)1(6)7/h1-6,19H,7-9H2;2*(H,6,7). The second-order valence-corrected chi connectivity index (χ2v) is 6.36. The highest BCUT2D eigenvalue weighted by atomic mass is 19.4. The summed E-state index contributed by atoms with van der Waals surface area (Å²) in [4.78, 5) is 22.2. The molecule has 36 heavy (non-hydrogen) atoms. The molecule has 1 aliphatic rings. The zero-order valence-corrected chi connectivity index (χ0v) is 17.5. The number of pyridine rings is 1. The molecule has 3 rings (SSSR count). The number of rotatable bonds is 2. The fourth-order valence-electron chi connectivity index (χ4n) is 2.16. The van der Waals surface area contributed by atoms with Crippen LogP contribution in [0.3, 0.4) is 0 Å². The summed E-state index contributed by atoms with van der Waals surface area (Å²) < 4.78 is 109. The van der Waals surface area contributed by atoms with Crippen LogP contribution in [0.4, 0.5) is 39.5 Å². The summed E-state index contributed by atoms with van der Waals surface area (Å²) in [6.45, 7) is 1.96. The van der Waals surface area contributed by atoms with Gasteiger partial charge in [-0.25, -0.2) is 14.6 Å². The Kier molecular flexibility index (Phi) is 10.3. The predicted molar refractivity (Wildman–Crippen MR) is 101 cm³/mol. The van der Waals surface area contributed by atoms with Crippen LogP contribution in [0.25, 0.3) is 11.3 Å². The largest absolute Gasteiger partial charge is 0.573 e. The van der Waals surface area contributed by atoms with Crippen LogP contribution in [0.1, 0.15) is 5.56 Å². The number of aliphatic carboxylic acids is 2. The third-order valence-corrected chi connectivity index (χ3v) is 3.64. The summed E-state index contributed by atoms with van der Waals surface area (Å²) in [6, 6.07) is 9.30. The van der Waals surface area contributed by atoms with Gasteiger partial charge < -0.3 is 25.0 Å². The molecule has 0 amide bonds. The quantitative estimate of drug-likeness (QED) is 0.482. The molecule has 3 N–H and O–H groups in total. The topological polar surface area (TPSA) is 118 Å². The Bertz CT molecular complexity index is 998. The maximum atomic E-state index is 12.1. The average Bonchev–Trinajstić information content (AvgIpc) is 2.97. The monoisotopic (exact) mass is 538 g/mol. The number of carboxylic acid groups (broad SMARTS) is 2. The summed E-state index contributed by atoms with van der Waals surface area (Å²) in [5.41, 5.74) is 2.29. The van der Waals surface area contributed by atoms with Gasteiger partial charge in [0.2, 0.25) is 5.88 Å². The average molecular weight is 538 g/mol. The summed E-state index contributed by atoms with van der Waals surface area (Å²) in [5, 5.41) is 17.5. The number of nitrogens with one attached hydrogen (secondary N) is 1. The lowest BCUT2D eigenvalue weighted by Crippen LogP contribution is -2.21. The fraction of sp³-hybridized carbons (Fsp3) is 0.316. The molecule has 1 aliphatic heterocycles. The van der Waals surface area contributed by atoms with Gasteiger partial charge in [0.15, 0.2) is 0 Å². The molecule has 0 saturated carbocycles. The lowest BCUT2D eigenvalue weighted by molar-refractivity contribution is -0.274. The number of nitrogens with zero attached hydrogens (tertiary/aromatic N) is 1. The third kappa shape index (κ3) is 11.1. The molecule has 1 aromatic carbocycles. The van der Waals surface area contributed by atoms with Crippen LogP contribution in [-0.4, -0.2) is 59.0 Å². The Morgan fingerprint density at radius 3 is 1.81 bits per heavy atom. The van der Waals surface area contributed by atoms with Crippen LogP contribution in [-0.2, 0) is 16.1 Å². The Morgan fingerprint density at radius 2 is 1.36 bits per heavy atom. The lowest BCUT2D eigenvalue weighted by atomic mass is 10.1. The van der Waals surface area contributed by atoms with Gasteiger partial charge in [0.25, 0.3) is 0 Å². The SMILES string of the molecule is FC(F)(F)Oc1ccc(-c2ccc3c(n2)OCCNC3)cc1.O=C(O)C(F)(F)F.O=C(O)C(F)(F)F. The first kappa shape index (κ1) is 30.3. The van der Waals surface area contributed by atoms with E-state index in [0.29, 0.717) is 30.3 Å². The van der Waals surface area contributed by atoms with E-state index >= 15 is 0 Å². The molecule has 17 heteroatoms. The summed E-state index contributed by atoms with van der Waals surface area (Å²) in [5.74, 6) is -5.22. The van der Waals surface area contributed by atoms with Gasteiger partial charge in [-0.1, -0.05) is 6.07 Å². The van der Waals surface area contributed by atoms with Crippen molar-refractivity contribution in [1.82, 2.24) is 10.3 Å². The lowest BCUT2D eigenvalue weighted by Gasteiger charge is -2.10. The van der Waals surface area contributed by atoms with Crippen molar-refractivity contribution in [2.45, 2.75) is 25.3 Å². The highest BCUT2D eigenvalue weighted by Crippen LogP contribution is 2.28. The summed E-state index contributed by atoms with van der Waals surface area (Å²) in [6.07, 6.45) is -14.9. The first-order valence-electron chi connectivity index (χ1n) is 9.20. The van der Waals surface area contributed by atoms with Crippen LogP contribution in [0.15, 0.2) is 36.4 Å². The normalized spacial score (nSPS) is 13.4. The van der Waals surface area contributed by atoms with E-state index in [4.69, 9.17) is 24.5 Å². The Morgan fingerprint density at radius 1 is 0.861 bits per heavy atom. The van der Waals surface area contributed by atoms with Crippen molar-refractivity contribution in [3.63, 3.8) is 0 Å². The van der Waals surface area contributed by atoms with E-state index < -0.39 is 30.7 Å². The second kappa shape index (κ2) is 12.3. The Balaban J connectivity index is 0.000000383. The van der Waals surface area contributed by atoms with E-state index in [9.17, 15) is 39.5 Å². The molecule has 0 fully saturated rings. The highest BCUT2D eigenvalue weighted by Gasteiger charge is 2.38. The molecule has 0 aliphatic carbocycles. The van der Waals surface area contributed by atoms with Gasteiger partial charge in [0.05, 0.1) is 5.69 Å². The van der Waals surface area contributed by atoms with E-state index in [1.165, 1.54) is 24.3 Å². The number of benzene rings is 1. The van der Waals surface area contributed by atoms with Crippen molar-refractivity contribution < 1.29 is 68.8 Å². The molecule has 0 saturated heterocycles. The number of hydrogen-bond acceptors (Lipinski definition) is 6. The van der Waals surface area contributed by atoms with E-state index in [2.05, 4.69) is 15.0 Å². The number of carboxylic acids is 2. The van der Waals surface area contributed by atoms with E-state index in [0.717, 1.165) is 12.1 Å². The summed E-state index contributed by atoms with van der Waals surface area (Å²) in [7, 11) is 0. The van der Waals surface area contributed by atoms with E-state index in [-0.39, 0.29) is 5.75 Å². The molecule has 2 aromatic rings. The van der Waals surface area contributed by atoms with Gasteiger partial charge in [-0.3, -0.25) is 0 Å². The minimum absolute atomic E-state index is 0.258. The van der Waals surface area contributed by atoms with Gasteiger partial charge in [-0.2, -0.15) is 26.3 Å². The number of carbonyl (C=O) groups is 2. The minimum Gasteiger partial charge on any atom is -0.476 e. The number of hydrogen-bond donors (Lipinski definition) is 3. The first-order valence-corrected chi connectivity index (χ1v) is 9.20. The summed E-state index contributed by atoms with van der Waals surface area (Å²) >= 11 is 0. The molecule has 0 bridgehead atoms. The van der Waals surface area contributed by atoms with Crippen LogP contribution in [0, 0.1) is 0 Å². The van der Waals surface area contributed by atoms with Crippen molar-refractivity contribution in [3.05, 3.63) is 42.0 Å². The van der Waals surface area contributed by atoms with Crippen molar-refractivity contribution in [1.29, 1.82) is 0 Å². The predicted octanol–water partition coefficient (Wildman–Crippen LogP) is 4.40. The second-order valence-electron chi connectivity index (χ2n) is 6.36. The van der Waals surface area contributed by atoms with Gasteiger partial charge in [0.1, 0.15) is 12.4 Å². The van der Waals surface area contributed by atoms with Gasteiger partial charge in [-0.05, 0) is 30.3 Å². The number of ether oxygens (including phenoxy) is 2. The van der Waals surface area contributed by atoms with Gasteiger partial charge >= 0.3 is 30.7 Å².